The van der Waals surface area contributed by atoms with Crippen LogP contribution < -0.4 is 14.8 Å². The Morgan fingerprint density at radius 1 is 1.28 bits per heavy atom. The summed E-state index contributed by atoms with van der Waals surface area (Å²) in [4.78, 5) is 0. The maximum Gasteiger partial charge on any atom is 0.142 e. The summed E-state index contributed by atoms with van der Waals surface area (Å²) >= 11 is 3.42. The molecule has 0 heterocycles. The van der Waals surface area contributed by atoms with Gasteiger partial charge >= 0.3 is 0 Å². The van der Waals surface area contributed by atoms with Gasteiger partial charge in [-0.1, -0.05) is 13.8 Å². The summed E-state index contributed by atoms with van der Waals surface area (Å²) in [5, 5.41) is 13.4. The number of aliphatic hydroxyl groups excluding tert-OH is 1. The third kappa shape index (κ3) is 3.60. The van der Waals surface area contributed by atoms with Gasteiger partial charge in [-0.2, -0.15) is 0 Å². The minimum Gasteiger partial charge on any atom is -0.495 e. The van der Waals surface area contributed by atoms with Crippen LogP contribution in [0.5, 0.6) is 11.5 Å². The van der Waals surface area contributed by atoms with Gasteiger partial charge in [0.2, 0.25) is 0 Å². The van der Waals surface area contributed by atoms with Gasteiger partial charge in [0, 0.05) is 18.2 Å². The predicted octanol–water partition coefficient (Wildman–Crippen LogP) is 2.50. The van der Waals surface area contributed by atoms with E-state index in [0.717, 1.165) is 5.56 Å². The molecule has 0 amide bonds. The Labute approximate surface area is 116 Å². The van der Waals surface area contributed by atoms with Crippen molar-refractivity contribution in [1.29, 1.82) is 0 Å². The molecule has 102 valence electrons. The molecule has 5 heteroatoms. The highest BCUT2D eigenvalue weighted by molar-refractivity contribution is 9.10. The zero-order chi connectivity index (χ0) is 13.7. The Balaban J connectivity index is 2.97. The molecule has 0 saturated carbocycles. The molecule has 0 aliphatic carbocycles. The average molecular weight is 318 g/mol. The van der Waals surface area contributed by atoms with E-state index in [1.807, 2.05) is 19.9 Å². The number of aliphatic hydroxyl groups is 1. The summed E-state index contributed by atoms with van der Waals surface area (Å²) in [6, 6.07) is 3.95. The molecule has 0 spiro atoms. The Morgan fingerprint density at radius 3 is 2.44 bits per heavy atom. The van der Waals surface area contributed by atoms with Gasteiger partial charge in [-0.25, -0.2) is 0 Å². The predicted molar refractivity (Wildman–Crippen MR) is 75.3 cm³/mol. The van der Waals surface area contributed by atoms with Crippen LogP contribution in [0.1, 0.15) is 25.5 Å². The SMILES string of the molecule is COc1ccc(C(O)CNC(C)C)c(OC)c1Br. The Hall–Kier alpha value is -0.780. The smallest absolute Gasteiger partial charge is 0.142 e. The first-order valence-corrected chi connectivity index (χ1v) is 6.62. The highest BCUT2D eigenvalue weighted by atomic mass is 79.9. The standard InChI is InChI=1S/C13H20BrNO3/c1-8(2)15-7-10(16)9-5-6-11(17-3)12(14)13(9)18-4/h5-6,8,10,15-16H,7H2,1-4H3. The highest BCUT2D eigenvalue weighted by Gasteiger charge is 2.18. The summed E-state index contributed by atoms with van der Waals surface area (Å²) in [5.41, 5.74) is 0.735. The first-order chi connectivity index (χ1) is 8.51. The minimum absolute atomic E-state index is 0.326. The molecule has 2 N–H and O–H groups in total. The molecule has 1 rings (SSSR count). The second-order valence-electron chi connectivity index (χ2n) is 4.28. The normalized spacial score (nSPS) is 12.6. The first kappa shape index (κ1) is 15.3. The summed E-state index contributed by atoms with van der Waals surface area (Å²) in [5.74, 6) is 1.28. The van der Waals surface area contributed by atoms with Crippen LogP contribution in [0.3, 0.4) is 0 Å². The molecule has 0 fully saturated rings. The maximum atomic E-state index is 10.2. The van der Waals surface area contributed by atoms with E-state index in [4.69, 9.17) is 9.47 Å². The van der Waals surface area contributed by atoms with Crippen molar-refractivity contribution in [3.05, 3.63) is 22.2 Å². The van der Waals surface area contributed by atoms with Gasteiger partial charge in [0.25, 0.3) is 0 Å². The zero-order valence-corrected chi connectivity index (χ0v) is 12.7. The molecule has 0 bridgehead atoms. The molecule has 1 aromatic rings. The second-order valence-corrected chi connectivity index (χ2v) is 5.08. The van der Waals surface area contributed by atoms with Gasteiger partial charge in [-0.05, 0) is 28.1 Å². The number of rotatable bonds is 6. The molecule has 4 nitrogen and oxygen atoms in total. The molecular formula is C13H20BrNO3. The Morgan fingerprint density at radius 2 is 1.94 bits per heavy atom. The average Bonchev–Trinajstić information content (AvgIpc) is 2.35. The van der Waals surface area contributed by atoms with Gasteiger partial charge in [0.1, 0.15) is 16.0 Å². The van der Waals surface area contributed by atoms with E-state index in [9.17, 15) is 5.11 Å². The van der Waals surface area contributed by atoms with Gasteiger partial charge < -0.3 is 19.9 Å². The minimum atomic E-state index is -0.621. The molecule has 1 atom stereocenters. The molecule has 0 radical (unpaired) electrons. The molecule has 0 saturated heterocycles. The molecule has 1 aromatic carbocycles. The topological polar surface area (TPSA) is 50.7 Å². The van der Waals surface area contributed by atoms with E-state index < -0.39 is 6.10 Å². The Kier molecular flexibility index (Phi) is 5.91. The van der Waals surface area contributed by atoms with Crippen molar-refractivity contribution in [2.45, 2.75) is 26.0 Å². The van der Waals surface area contributed by atoms with Crippen molar-refractivity contribution in [3.8, 4) is 11.5 Å². The van der Waals surface area contributed by atoms with Crippen LogP contribution >= 0.6 is 15.9 Å². The van der Waals surface area contributed by atoms with E-state index in [2.05, 4.69) is 21.2 Å². The number of methoxy groups -OCH3 is 2. The van der Waals surface area contributed by atoms with E-state index in [-0.39, 0.29) is 0 Å². The number of benzene rings is 1. The van der Waals surface area contributed by atoms with Crippen LogP contribution in [-0.2, 0) is 0 Å². The lowest BCUT2D eigenvalue weighted by molar-refractivity contribution is 0.167. The van der Waals surface area contributed by atoms with Crippen molar-refractivity contribution in [2.24, 2.45) is 0 Å². The second kappa shape index (κ2) is 6.97. The fourth-order valence-corrected chi connectivity index (χ4v) is 2.32. The van der Waals surface area contributed by atoms with Crippen LogP contribution in [0.15, 0.2) is 16.6 Å². The fraction of sp³-hybridized carbons (Fsp3) is 0.538. The number of hydrogen-bond acceptors (Lipinski definition) is 4. The van der Waals surface area contributed by atoms with Crippen LogP contribution in [-0.4, -0.2) is 31.9 Å². The maximum absolute atomic E-state index is 10.2. The van der Waals surface area contributed by atoms with E-state index in [1.165, 1.54) is 0 Å². The Bertz CT molecular complexity index is 396. The molecule has 18 heavy (non-hydrogen) atoms. The lowest BCUT2D eigenvalue weighted by Gasteiger charge is -2.19. The summed E-state index contributed by atoms with van der Waals surface area (Å²) in [6.45, 7) is 4.55. The van der Waals surface area contributed by atoms with Crippen molar-refractivity contribution in [1.82, 2.24) is 5.32 Å². The quantitative estimate of drug-likeness (QED) is 0.846. The third-order valence-electron chi connectivity index (χ3n) is 2.59. The van der Waals surface area contributed by atoms with Gasteiger partial charge in [0.05, 0.1) is 20.3 Å². The van der Waals surface area contributed by atoms with Crippen molar-refractivity contribution in [3.63, 3.8) is 0 Å². The van der Waals surface area contributed by atoms with Crippen LogP contribution in [0, 0.1) is 0 Å². The molecule has 0 aliphatic heterocycles. The van der Waals surface area contributed by atoms with Crippen molar-refractivity contribution in [2.75, 3.05) is 20.8 Å². The summed E-state index contributed by atoms with van der Waals surface area (Å²) in [6.07, 6.45) is -0.621. The first-order valence-electron chi connectivity index (χ1n) is 5.83. The fourth-order valence-electron chi connectivity index (χ4n) is 1.64. The molecule has 0 aliphatic rings. The molecule has 0 aromatic heterocycles. The van der Waals surface area contributed by atoms with E-state index in [0.29, 0.717) is 28.6 Å². The lowest BCUT2D eigenvalue weighted by atomic mass is 10.1. The lowest BCUT2D eigenvalue weighted by Crippen LogP contribution is -2.28. The van der Waals surface area contributed by atoms with Crippen LogP contribution in [0.2, 0.25) is 0 Å². The van der Waals surface area contributed by atoms with Crippen molar-refractivity contribution >= 4 is 15.9 Å². The van der Waals surface area contributed by atoms with Crippen LogP contribution in [0.4, 0.5) is 0 Å². The number of hydrogen-bond donors (Lipinski definition) is 2. The monoisotopic (exact) mass is 317 g/mol. The van der Waals surface area contributed by atoms with Crippen LogP contribution in [0.25, 0.3) is 0 Å². The zero-order valence-electron chi connectivity index (χ0n) is 11.2. The van der Waals surface area contributed by atoms with Gasteiger partial charge in [-0.15, -0.1) is 0 Å². The largest absolute Gasteiger partial charge is 0.495 e. The highest BCUT2D eigenvalue weighted by Crippen LogP contribution is 2.39. The summed E-state index contributed by atoms with van der Waals surface area (Å²) in [7, 11) is 3.17. The van der Waals surface area contributed by atoms with E-state index in [1.54, 1.807) is 20.3 Å². The number of ether oxygens (including phenoxy) is 2. The van der Waals surface area contributed by atoms with Gasteiger partial charge in [-0.3, -0.25) is 0 Å². The van der Waals surface area contributed by atoms with E-state index >= 15 is 0 Å². The molecule has 1 unspecified atom stereocenters. The van der Waals surface area contributed by atoms with Crippen molar-refractivity contribution < 1.29 is 14.6 Å². The third-order valence-corrected chi connectivity index (χ3v) is 3.35. The number of nitrogens with one attached hydrogen (secondary N) is 1. The number of halogens is 1. The van der Waals surface area contributed by atoms with Gasteiger partial charge in [0.15, 0.2) is 0 Å². The molecular weight excluding hydrogens is 298 g/mol. The summed E-state index contributed by atoms with van der Waals surface area (Å²) < 4.78 is 11.2.